The lowest BCUT2D eigenvalue weighted by atomic mass is 10.0. The molecule has 2 N–H and O–H groups in total. The van der Waals surface area contributed by atoms with E-state index in [1.807, 2.05) is 13.8 Å². The summed E-state index contributed by atoms with van der Waals surface area (Å²) in [5.74, 6) is -0.611. The minimum absolute atomic E-state index is 0.115. The van der Waals surface area contributed by atoms with Gasteiger partial charge in [0.05, 0.1) is 0 Å². The maximum absolute atomic E-state index is 11.7. The highest BCUT2D eigenvalue weighted by Crippen LogP contribution is 2.46. The molecule has 0 aromatic heterocycles. The van der Waals surface area contributed by atoms with Crippen LogP contribution in [0.1, 0.15) is 26.7 Å². The monoisotopic (exact) mass is 184 g/mol. The maximum atomic E-state index is 11.7. The van der Waals surface area contributed by atoms with Gasteiger partial charge in [-0.15, -0.1) is 0 Å². The van der Waals surface area contributed by atoms with Crippen molar-refractivity contribution in [1.29, 1.82) is 0 Å². The number of rotatable bonds is 3. The molecule has 4 nitrogen and oxygen atoms in total. The zero-order valence-electron chi connectivity index (χ0n) is 8.33. The van der Waals surface area contributed by atoms with Crippen LogP contribution in [0.5, 0.6) is 0 Å². The first-order valence-corrected chi connectivity index (χ1v) is 4.49. The normalized spacial score (nSPS) is 18.5. The minimum Gasteiger partial charge on any atom is -0.369 e. The highest BCUT2D eigenvalue weighted by molar-refractivity contribution is 6.07. The summed E-state index contributed by atoms with van der Waals surface area (Å²) in [4.78, 5) is 24.3. The lowest BCUT2D eigenvalue weighted by Gasteiger charge is -2.25. The molecule has 0 heterocycles. The Morgan fingerprint density at radius 3 is 2.08 bits per heavy atom. The summed E-state index contributed by atoms with van der Waals surface area (Å²) in [6.45, 7) is 3.82. The van der Waals surface area contributed by atoms with Gasteiger partial charge in [-0.25, -0.2) is 0 Å². The fourth-order valence-corrected chi connectivity index (χ4v) is 1.26. The number of hydrogen-bond acceptors (Lipinski definition) is 2. The van der Waals surface area contributed by atoms with E-state index in [2.05, 4.69) is 0 Å². The molecule has 0 radical (unpaired) electrons. The number of carbonyl (C=O) groups is 2. The third kappa shape index (κ3) is 1.53. The second-order valence-corrected chi connectivity index (χ2v) is 3.96. The van der Waals surface area contributed by atoms with Gasteiger partial charge >= 0.3 is 0 Å². The van der Waals surface area contributed by atoms with Crippen molar-refractivity contribution in [3.63, 3.8) is 0 Å². The average molecular weight is 184 g/mol. The Morgan fingerprint density at radius 2 is 1.85 bits per heavy atom. The topological polar surface area (TPSA) is 63.4 Å². The molecule has 0 bridgehead atoms. The van der Waals surface area contributed by atoms with Gasteiger partial charge in [0.25, 0.3) is 0 Å². The predicted octanol–water partition coefficient (Wildman–Crippen LogP) is 0.119. The van der Waals surface area contributed by atoms with E-state index in [9.17, 15) is 9.59 Å². The van der Waals surface area contributed by atoms with E-state index in [0.29, 0.717) is 12.8 Å². The van der Waals surface area contributed by atoms with E-state index in [1.54, 1.807) is 11.9 Å². The maximum Gasteiger partial charge on any atom is 0.238 e. The van der Waals surface area contributed by atoms with Crippen LogP contribution in [-0.4, -0.2) is 29.8 Å². The number of amides is 2. The van der Waals surface area contributed by atoms with Gasteiger partial charge in [-0.3, -0.25) is 9.59 Å². The first kappa shape index (κ1) is 10.0. The predicted molar refractivity (Wildman–Crippen MR) is 48.8 cm³/mol. The van der Waals surface area contributed by atoms with Gasteiger partial charge in [-0.05, 0) is 26.7 Å². The van der Waals surface area contributed by atoms with Crippen molar-refractivity contribution < 1.29 is 9.59 Å². The van der Waals surface area contributed by atoms with Gasteiger partial charge in [-0.1, -0.05) is 0 Å². The molecule has 2 amide bonds. The number of nitrogens with zero attached hydrogens (tertiary/aromatic N) is 1. The molecule has 0 saturated heterocycles. The molecule has 1 fully saturated rings. The summed E-state index contributed by atoms with van der Waals surface area (Å²) in [5, 5.41) is 0. The molecule has 1 aliphatic rings. The van der Waals surface area contributed by atoms with E-state index in [-0.39, 0.29) is 11.9 Å². The summed E-state index contributed by atoms with van der Waals surface area (Å²) in [6.07, 6.45) is 1.22. The lowest BCUT2D eigenvalue weighted by Crippen LogP contribution is -2.44. The molecule has 0 aromatic rings. The number of primary amides is 1. The summed E-state index contributed by atoms with van der Waals surface area (Å²) < 4.78 is 0. The fraction of sp³-hybridized carbons (Fsp3) is 0.778. The zero-order chi connectivity index (χ0) is 10.2. The van der Waals surface area contributed by atoms with Gasteiger partial charge in [0.2, 0.25) is 11.8 Å². The molecule has 1 aliphatic carbocycles. The van der Waals surface area contributed by atoms with Gasteiger partial charge in [0, 0.05) is 13.1 Å². The first-order valence-electron chi connectivity index (χ1n) is 4.49. The molecular formula is C9H16N2O2. The quantitative estimate of drug-likeness (QED) is 0.633. The van der Waals surface area contributed by atoms with E-state index < -0.39 is 11.3 Å². The largest absolute Gasteiger partial charge is 0.369 e. The highest BCUT2D eigenvalue weighted by atomic mass is 16.2. The van der Waals surface area contributed by atoms with Crippen molar-refractivity contribution in [1.82, 2.24) is 4.90 Å². The van der Waals surface area contributed by atoms with Gasteiger partial charge < -0.3 is 10.6 Å². The van der Waals surface area contributed by atoms with Crippen LogP contribution in [0.4, 0.5) is 0 Å². The summed E-state index contributed by atoms with van der Waals surface area (Å²) >= 11 is 0. The molecular weight excluding hydrogens is 168 g/mol. The Bertz CT molecular complexity index is 244. The Labute approximate surface area is 78.1 Å². The Hall–Kier alpha value is -1.06. The number of carbonyl (C=O) groups excluding carboxylic acids is 2. The molecule has 0 aliphatic heterocycles. The second-order valence-electron chi connectivity index (χ2n) is 3.96. The van der Waals surface area contributed by atoms with Crippen molar-refractivity contribution >= 4 is 11.8 Å². The SMILES string of the molecule is CC(C)N(C)C(=O)C1(C(N)=O)CC1. The van der Waals surface area contributed by atoms with Crippen LogP contribution in [0.2, 0.25) is 0 Å². The minimum atomic E-state index is -0.862. The van der Waals surface area contributed by atoms with E-state index in [4.69, 9.17) is 5.73 Å². The van der Waals surface area contributed by atoms with Crippen LogP contribution in [0.15, 0.2) is 0 Å². The molecule has 74 valence electrons. The lowest BCUT2D eigenvalue weighted by molar-refractivity contribution is -0.143. The molecule has 0 atom stereocenters. The molecule has 13 heavy (non-hydrogen) atoms. The van der Waals surface area contributed by atoms with E-state index in [1.165, 1.54) is 0 Å². The van der Waals surface area contributed by atoms with Crippen molar-refractivity contribution in [2.45, 2.75) is 32.7 Å². The van der Waals surface area contributed by atoms with Gasteiger partial charge in [-0.2, -0.15) is 0 Å². The van der Waals surface area contributed by atoms with E-state index >= 15 is 0 Å². The molecule has 0 aromatic carbocycles. The molecule has 0 spiro atoms. The van der Waals surface area contributed by atoms with Crippen LogP contribution in [0.3, 0.4) is 0 Å². The van der Waals surface area contributed by atoms with Crippen molar-refractivity contribution in [2.24, 2.45) is 11.1 Å². The Morgan fingerprint density at radius 1 is 1.38 bits per heavy atom. The first-order chi connectivity index (χ1) is 5.92. The number of hydrogen-bond donors (Lipinski definition) is 1. The summed E-state index contributed by atoms with van der Waals surface area (Å²) in [6, 6.07) is 0.115. The fourth-order valence-electron chi connectivity index (χ4n) is 1.26. The smallest absolute Gasteiger partial charge is 0.238 e. The molecule has 1 rings (SSSR count). The standard InChI is InChI=1S/C9H16N2O2/c1-6(2)11(3)8(13)9(4-5-9)7(10)12/h6H,4-5H2,1-3H3,(H2,10,12). The van der Waals surface area contributed by atoms with Crippen LogP contribution in [-0.2, 0) is 9.59 Å². The highest BCUT2D eigenvalue weighted by Gasteiger charge is 2.56. The van der Waals surface area contributed by atoms with Gasteiger partial charge in [0.15, 0.2) is 0 Å². The van der Waals surface area contributed by atoms with Crippen LogP contribution in [0, 0.1) is 5.41 Å². The Kier molecular flexibility index (Phi) is 2.32. The molecule has 0 unspecified atom stereocenters. The van der Waals surface area contributed by atoms with Crippen molar-refractivity contribution in [3.05, 3.63) is 0 Å². The van der Waals surface area contributed by atoms with Crippen LogP contribution in [0.25, 0.3) is 0 Å². The van der Waals surface area contributed by atoms with Gasteiger partial charge in [0.1, 0.15) is 5.41 Å². The average Bonchev–Trinajstić information content (AvgIpc) is 2.81. The van der Waals surface area contributed by atoms with Crippen molar-refractivity contribution in [2.75, 3.05) is 7.05 Å². The van der Waals surface area contributed by atoms with E-state index in [0.717, 1.165) is 0 Å². The molecule has 4 heteroatoms. The Balaban J connectivity index is 2.73. The molecule has 1 saturated carbocycles. The number of nitrogens with two attached hydrogens (primary N) is 1. The van der Waals surface area contributed by atoms with Crippen LogP contribution >= 0.6 is 0 Å². The zero-order valence-corrected chi connectivity index (χ0v) is 8.33. The van der Waals surface area contributed by atoms with Crippen molar-refractivity contribution in [3.8, 4) is 0 Å². The summed E-state index contributed by atoms with van der Waals surface area (Å²) in [5.41, 5.74) is 4.32. The van der Waals surface area contributed by atoms with Crippen LogP contribution < -0.4 is 5.73 Å². The summed E-state index contributed by atoms with van der Waals surface area (Å²) in [7, 11) is 1.70. The second kappa shape index (κ2) is 3.01. The third-order valence-electron chi connectivity index (χ3n) is 2.73. The third-order valence-corrected chi connectivity index (χ3v) is 2.73.